The number of carbonyl (C=O) groups excluding carboxylic acids is 2. The van der Waals surface area contributed by atoms with Crippen molar-refractivity contribution >= 4 is 44.6 Å². The summed E-state index contributed by atoms with van der Waals surface area (Å²) in [6.07, 6.45) is 1.36. The molecule has 0 unspecified atom stereocenters. The van der Waals surface area contributed by atoms with Crippen molar-refractivity contribution in [3.63, 3.8) is 0 Å². The van der Waals surface area contributed by atoms with Gasteiger partial charge >= 0.3 is 5.97 Å². The van der Waals surface area contributed by atoms with E-state index in [9.17, 15) is 14.9 Å². The fourth-order valence-corrected chi connectivity index (χ4v) is 4.15. The summed E-state index contributed by atoms with van der Waals surface area (Å²) in [6.45, 7) is 3.54. The first-order chi connectivity index (χ1) is 14.9. The number of esters is 1. The van der Waals surface area contributed by atoms with Crippen LogP contribution in [0.5, 0.6) is 11.5 Å². The Morgan fingerprint density at radius 3 is 2.87 bits per heavy atom. The second-order valence-electron chi connectivity index (χ2n) is 6.85. The molecule has 156 valence electrons. The van der Waals surface area contributed by atoms with Crippen LogP contribution in [0.25, 0.3) is 16.3 Å². The van der Waals surface area contributed by atoms with Crippen LogP contribution in [0, 0.1) is 25.2 Å². The molecule has 9 heteroatoms. The SMILES string of the molecule is Cc1cc(C)c2nc(NC(=O)COC(=O)/C(C#N)=C/c3ccc4c(c3)OCO4)sc2c1. The molecule has 1 aliphatic rings. The standard InChI is InChI=1S/C22H17N3O5S/c1-12-5-13(2)20-18(6-12)31-22(25-20)24-19(26)10-28-21(27)15(9-23)7-14-3-4-16-17(8-14)30-11-29-16/h3-8H,10-11H2,1-2H3,(H,24,25,26)/b15-7+. The van der Waals surface area contributed by atoms with Crippen LogP contribution < -0.4 is 14.8 Å². The maximum atomic E-state index is 12.2. The third-order valence-electron chi connectivity index (χ3n) is 4.46. The Kier molecular flexibility index (Phi) is 5.56. The average Bonchev–Trinajstić information content (AvgIpc) is 3.36. The molecule has 8 nitrogen and oxygen atoms in total. The lowest BCUT2D eigenvalue weighted by molar-refractivity contribution is -0.142. The van der Waals surface area contributed by atoms with Crippen LogP contribution in [0.2, 0.25) is 0 Å². The number of hydrogen-bond acceptors (Lipinski definition) is 8. The molecule has 0 spiro atoms. The Morgan fingerprint density at radius 2 is 2.06 bits per heavy atom. The number of amides is 1. The lowest BCUT2D eigenvalue weighted by Crippen LogP contribution is -2.21. The van der Waals surface area contributed by atoms with Crippen LogP contribution in [0.15, 0.2) is 35.9 Å². The fourth-order valence-electron chi connectivity index (χ4n) is 3.09. The molecule has 0 radical (unpaired) electrons. The molecular weight excluding hydrogens is 418 g/mol. The van der Waals surface area contributed by atoms with Gasteiger partial charge in [-0.25, -0.2) is 9.78 Å². The second-order valence-corrected chi connectivity index (χ2v) is 7.89. The molecule has 0 fully saturated rings. The molecule has 1 N–H and O–H groups in total. The van der Waals surface area contributed by atoms with E-state index in [4.69, 9.17) is 14.2 Å². The molecule has 3 aromatic rings. The number of nitrogens with zero attached hydrogens (tertiary/aromatic N) is 2. The quantitative estimate of drug-likeness (QED) is 0.369. The van der Waals surface area contributed by atoms with Crippen molar-refractivity contribution in [1.82, 2.24) is 4.98 Å². The number of benzene rings is 2. The Hall–Kier alpha value is -3.90. The van der Waals surface area contributed by atoms with Gasteiger partial charge in [0.05, 0.1) is 10.2 Å². The molecule has 0 bridgehead atoms. The lowest BCUT2D eigenvalue weighted by atomic mass is 10.1. The number of rotatable bonds is 5. The second kappa shape index (κ2) is 8.45. The van der Waals surface area contributed by atoms with Crippen molar-refractivity contribution in [2.75, 3.05) is 18.7 Å². The first kappa shape index (κ1) is 20.4. The van der Waals surface area contributed by atoms with Crippen molar-refractivity contribution in [2.24, 2.45) is 0 Å². The molecule has 1 aromatic heterocycles. The van der Waals surface area contributed by atoms with Gasteiger partial charge in [0.2, 0.25) is 6.79 Å². The number of ether oxygens (including phenoxy) is 3. The van der Waals surface area contributed by atoms with Gasteiger partial charge in [-0.15, -0.1) is 0 Å². The van der Waals surface area contributed by atoms with Crippen LogP contribution in [0.4, 0.5) is 5.13 Å². The van der Waals surface area contributed by atoms with Gasteiger partial charge in [-0.2, -0.15) is 5.26 Å². The minimum Gasteiger partial charge on any atom is -0.454 e. The predicted octanol–water partition coefficient (Wildman–Crippen LogP) is 3.73. The van der Waals surface area contributed by atoms with Gasteiger partial charge in [-0.1, -0.05) is 23.5 Å². The Labute approximate surface area is 181 Å². The van der Waals surface area contributed by atoms with E-state index in [0.717, 1.165) is 21.3 Å². The summed E-state index contributed by atoms with van der Waals surface area (Å²) in [7, 11) is 0. The minimum atomic E-state index is -0.897. The Bertz CT molecular complexity index is 1270. The largest absolute Gasteiger partial charge is 0.454 e. The van der Waals surface area contributed by atoms with Crippen molar-refractivity contribution < 1.29 is 23.8 Å². The third kappa shape index (κ3) is 4.49. The van der Waals surface area contributed by atoms with E-state index >= 15 is 0 Å². The summed E-state index contributed by atoms with van der Waals surface area (Å²) in [4.78, 5) is 28.8. The highest BCUT2D eigenvalue weighted by molar-refractivity contribution is 7.22. The first-order valence-electron chi connectivity index (χ1n) is 9.29. The Balaban J connectivity index is 1.38. The van der Waals surface area contributed by atoms with E-state index in [2.05, 4.69) is 10.3 Å². The molecular formula is C22H17N3O5S. The summed E-state index contributed by atoms with van der Waals surface area (Å²) in [5, 5.41) is 12.3. The molecule has 0 saturated carbocycles. The zero-order chi connectivity index (χ0) is 22.0. The van der Waals surface area contributed by atoms with Gasteiger partial charge in [0.25, 0.3) is 5.91 Å². The van der Waals surface area contributed by atoms with Crippen LogP contribution >= 0.6 is 11.3 Å². The number of anilines is 1. The molecule has 1 amide bonds. The molecule has 4 rings (SSSR count). The molecule has 31 heavy (non-hydrogen) atoms. The van der Waals surface area contributed by atoms with Crippen LogP contribution in [-0.4, -0.2) is 30.3 Å². The summed E-state index contributed by atoms with van der Waals surface area (Å²) < 4.78 is 16.5. The van der Waals surface area contributed by atoms with E-state index in [-0.39, 0.29) is 12.4 Å². The van der Waals surface area contributed by atoms with E-state index in [1.807, 2.05) is 26.0 Å². The van der Waals surface area contributed by atoms with E-state index in [1.165, 1.54) is 17.4 Å². The maximum Gasteiger partial charge on any atom is 0.349 e. The fraction of sp³-hybridized carbons (Fsp3) is 0.182. The number of carbonyl (C=O) groups is 2. The summed E-state index contributed by atoms with van der Waals surface area (Å²) in [5.41, 5.74) is 3.28. The molecule has 0 aliphatic carbocycles. The number of thiazole rings is 1. The number of hydrogen-bond donors (Lipinski definition) is 1. The van der Waals surface area contributed by atoms with Gasteiger partial charge in [0.15, 0.2) is 23.2 Å². The topological polar surface area (TPSA) is 111 Å². The first-order valence-corrected chi connectivity index (χ1v) is 10.1. The number of aromatic nitrogens is 1. The molecule has 1 aliphatic heterocycles. The smallest absolute Gasteiger partial charge is 0.349 e. The monoisotopic (exact) mass is 435 g/mol. The molecule has 0 saturated heterocycles. The molecule has 2 heterocycles. The number of aryl methyl sites for hydroxylation is 2. The number of nitriles is 1. The van der Waals surface area contributed by atoms with Crippen molar-refractivity contribution in [3.05, 3.63) is 52.6 Å². The lowest BCUT2D eigenvalue weighted by Gasteiger charge is -2.04. The van der Waals surface area contributed by atoms with Gasteiger partial charge in [-0.3, -0.25) is 10.1 Å². The van der Waals surface area contributed by atoms with Crippen LogP contribution in [-0.2, 0) is 14.3 Å². The van der Waals surface area contributed by atoms with Crippen LogP contribution in [0.1, 0.15) is 16.7 Å². The highest BCUT2D eigenvalue weighted by Gasteiger charge is 2.17. The van der Waals surface area contributed by atoms with Gasteiger partial charge < -0.3 is 14.2 Å². The van der Waals surface area contributed by atoms with Crippen molar-refractivity contribution in [1.29, 1.82) is 5.26 Å². The van der Waals surface area contributed by atoms with Gasteiger partial charge in [-0.05, 0) is 54.8 Å². The highest BCUT2D eigenvalue weighted by atomic mass is 32.1. The van der Waals surface area contributed by atoms with E-state index in [0.29, 0.717) is 22.2 Å². The molecule has 0 atom stereocenters. The van der Waals surface area contributed by atoms with E-state index < -0.39 is 18.5 Å². The van der Waals surface area contributed by atoms with E-state index in [1.54, 1.807) is 24.3 Å². The highest BCUT2D eigenvalue weighted by Crippen LogP contribution is 2.33. The summed E-state index contributed by atoms with van der Waals surface area (Å²) >= 11 is 1.34. The average molecular weight is 435 g/mol. The normalized spacial score (nSPS) is 12.5. The van der Waals surface area contributed by atoms with Gasteiger partial charge in [0.1, 0.15) is 11.6 Å². The third-order valence-corrected chi connectivity index (χ3v) is 5.38. The van der Waals surface area contributed by atoms with Crippen molar-refractivity contribution in [2.45, 2.75) is 13.8 Å². The van der Waals surface area contributed by atoms with Gasteiger partial charge in [0, 0.05) is 0 Å². The number of nitrogens with one attached hydrogen (secondary N) is 1. The number of fused-ring (bicyclic) bond motifs is 2. The summed E-state index contributed by atoms with van der Waals surface area (Å²) in [6, 6.07) is 10.8. The summed E-state index contributed by atoms with van der Waals surface area (Å²) in [5.74, 6) is -0.316. The van der Waals surface area contributed by atoms with Crippen molar-refractivity contribution in [3.8, 4) is 17.6 Å². The predicted molar refractivity (Wildman–Crippen MR) is 115 cm³/mol. The Morgan fingerprint density at radius 1 is 1.26 bits per heavy atom. The zero-order valence-corrected chi connectivity index (χ0v) is 17.5. The molecule has 2 aromatic carbocycles. The minimum absolute atomic E-state index is 0.124. The maximum absolute atomic E-state index is 12.2. The zero-order valence-electron chi connectivity index (χ0n) is 16.7. The van der Waals surface area contributed by atoms with Crippen LogP contribution in [0.3, 0.4) is 0 Å².